The fourth-order valence-corrected chi connectivity index (χ4v) is 1.04. The van der Waals surface area contributed by atoms with Crippen molar-refractivity contribution in [3.63, 3.8) is 0 Å². The minimum absolute atomic E-state index is 0.481. The largest absolute Gasteiger partial charge is 0.493 e. The van der Waals surface area contributed by atoms with Gasteiger partial charge in [0.15, 0.2) is 0 Å². The van der Waals surface area contributed by atoms with E-state index in [9.17, 15) is 4.39 Å². The number of rotatable bonds is 5. The van der Waals surface area contributed by atoms with Crippen molar-refractivity contribution < 1.29 is 13.9 Å². The lowest BCUT2D eigenvalue weighted by Crippen LogP contribution is -1.98. The van der Waals surface area contributed by atoms with Crippen molar-refractivity contribution >= 4 is 15.9 Å². The summed E-state index contributed by atoms with van der Waals surface area (Å²) in [5, 5.41) is 0.765. The van der Waals surface area contributed by atoms with Gasteiger partial charge in [0.25, 0.3) is 0 Å². The molecule has 0 aliphatic rings. The molecule has 1 aromatic rings. The van der Waals surface area contributed by atoms with Gasteiger partial charge in [0.1, 0.15) is 11.5 Å². The van der Waals surface area contributed by atoms with Crippen LogP contribution >= 0.6 is 15.9 Å². The highest BCUT2D eigenvalue weighted by Gasteiger charge is 1.96. The Labute approximate surface area is 84.8 Å². The molecule has 72 valence electrons. The second kappa shape index (κ2) is 5.80. The number of benzene rings is 1. The molecule has 0 N–H and O–H groups in total. The minimum atomic E-state index is -0.818. The topological polar surface area (TPSA) is 18.5 Å². The molecule has 13 heavy (non-hydrogen) atoms. The molecule has 4 heteroatoms. The Balaban J connectivity index is 2.56. The van der Waals surface area contributed by atoms with Crippen LogP contribution in [0.15, 0.2) is 24.3 Å². The van der Waals surface area contributed by atoms with E-state index in [2.05, 4.69) is 20.7 Å². The van der Waals surface area contributed by atoms with Gasteiger partial charge in [0.2, 0.25) is 6.86 Å². The predicted octanol–water partition coefficient (Wildman–Crippen LogP) is 2.77. The number of hydrogen-bond acceptors (Lipinski definition) is 2. The highest BCUT2D eigenvalue weighted by atomic mass is 79.9. The van der Waals surface area contributed by atoms with Crippen LogP contribution in [0.1, 0.15) is 0 Å². The van der Waals surface area contributed by atoms with E-state index in [1.54, 1.807) is 24.3 Å². The molecule has 0 saturated carbocycles. The summed E-state index contributed by atoms with van der Waals surface area (Å²) in [5.41, 5.74) is 0. The molecular weight excluding hydrogens is 239 g/mol. The predicted molar refractivity (Wildman–Crippen MR) is 52.3 cm³/mol. The fraction of sp³-hybridized carbons (Fsp3) is 0.333. The van der Waals surface area contributed by atoms with Gasteiger partial charge in [-0.1, -0.05) is 22.0 Å². The Bertz CT molecular complexity index is 255. The number of ether oxygens (including phenoxy) is 2. The van der Waals surface area contributed by atoms with Crippen LogP contribution in [0.5, 0.6) is 11.5 Å². The lowest BCUT2D eigenvalue weighted by molar-refractivity contribution is 0.191. The third-order valence-corrected chi connectivity index (χ3v) is 1.70. The maximum absolute atomic E-state index is 11.8. The van der Waals surface area contributed by atoms with Crippen molar-refractivity contribution in [3.8, 4) is 11.5 Å². The number of alkyl halides is 2. The Morgan fingerprint density at radius 2 is 1.92 bits per heavy atom. The maximum Gasteiger partial charge on any atom is 0.228 e. The molecule has 0 aliphatic carbocycles. The zero-order valence-electron chi connectivity index (χ0n) is 7.00. The van der Waals surface area contributed by atoms with Crippen LogP contribution in [-0.4, -0.2) is 18.8 Å². The maximum atomic E-state index is 11.8. The van der Waals surface area contributed by atoms with Gasteiger partial charge in [-0.2, -0.15) is 0 Å². The van der Waals surface area contributed by atoms with Crippen molar-refractivity contribution in [2.24, 2.45) is 0 Å². The first kappa shape index (κ1) is 10.3. The summed E-state index contributed by atoms with van der Waals surface area (Å²) in [4.78, 5) is 0. The lowest BCUT2D eigenvalue weighted by Gasteiger charge is -2.05. The summed E-state index contributed by atoms with van der Waals surface area (Å²) in [6.45, 7) is -0.235. The lowest BCUT2D eigenvalue weighted by atomic mass is 10.3. The van der Waals surface area contributed by atoms with Gasteiger partial charge in [-0.25, -0.2) is 4.39 Å². The van der Waals surface area contributed by atoms with Crippen molar-refractivity contribution in [1.82, 2.24) is 0 Å². The quantitative estimate of drug-likeness (QED) is 0.747. The van der Waals surface area contributed by atoms with Crippen LogP contribution in [0.25, 0.3) is 0 Å². The van der Waals surface area contributed by atoms with Gasteiger partial charge in [-0.15, -0.1) is 0 Å². The second-order valence-corrected chi connectivity index (χ2v) is 3.06. The average Bonchev–Trinajstić information content (AvgIpc) is 2.16. The summed E-state index contributed by atoms with van der Waals surface area (Å²) in [7, 11) is 0. The van der Waals surface area contributed by atoms with Crippen molar-refractivity contribution in [2.75, 3.05) is 18.8 Å². The van der Waals surface area contributed by atoms with Crippen LogP contribution < -0.4 is 9.47 Å². The molecule has 2 nitrogen and oxygen atoms in total. The molecule has 0 fully saturated rings. The van der Waals surface area contributed by atoms with Crippen molar-refractivity contribution in [3.05, 3.63) is 24.3 Å². The third-order valence-electron chi connectivity index (χ3n) is 1.37. The molecule has 0 aliphatic heterocycles. The van der Waals surface area contributed by atoms with Crippen LogP contribution in [0.3, 0.4) is 0 Å². The summed E-state index contributed by atoms with van der Waals surface area (Å²) in [6, 6.07) is 6.89. The number of halogens is 2. The van der Waals surface area contributed by atoms with Crippen molar-refractivity contribution in [1.29, 1.82) is 0 Å². The smallest absolute Gasteiger partial charge is 0.228 e. The summed E-state index contributed by atoms with van der Waals surface area (Å²) < 4.78 is 21.8. The van der Waals surface area contributed by atoms with Gasteiger partial charge in [-0.05, 0) is 12.1 Å². The average molecular weight is 249 g/mol. The van der Waals surface area contributed by atoms with E-state index < -0.39 is 6.86 Å². The SMILES string of the molecule is FCOc1cccc(OCCBr)c1. The molecular formula is C9H10BrFO2. The van der Waals surface area contributed by atoms with Crippen LogP contribution in [0.4, 0.5) is 4.39 Å². The first-order chi connectivity index (χ1) is 6.36. The second-order valence-electron chi connectivity index (χ2n) is 2.27. The molecule has 1 aromatic carbocycles. The Hall–Kier alpha value is -0.770. The molecule has 0 bridgehead atoms. The Morgan fingerprint density at radius 1 is 1.23 bits per heavy atom. The summed E-state index contributed by atoms with van der Waals surface area (Å²) >= 11 is 3.24. The monoisotopic (exact) mass is 248 g/mol. The molecule has 0 spiro atoms. The molecule has 0 atom stereocenters. The molecule has 0 unspecified atom stereocenters. The van der Waals surface area contributed by atoms with Crippen LogP contribution in [-0.2, 0) is 0 Å². The van der Waals surface area contributed by atoms with E-state index in [1.807, 2.05) is 0 Å². The highest BCUT2D eigenvalue weighted by Crippen LogP contribution is 2.19. The third kappa shape index (κ3) is 3.63. The molecule has 0 radical (unpaired) electrons. The van der Waals surface area contributed by atoms with Crippen LogP contribution in [0, 0.1) is 0 Å². The molecule has 0 saturated heterocycles. The van der Waals surface area contributed by atoms with E-state index in [-0.39, 0.29) is 0 Å². The standard InChI is InChI=1S/C9H10BrFO2/c10-4-5-12-8-2-1-3-9(6-8)13-7-11/h1-3,6H,4-5,7H2. The Kier molecular flexibility index (Phi) is 4.60. The van der Waals surface area contributed by atoms with E-state index in [0.717, 1.165) is 5.33 Å². The summed E-state index contributed by atoms with van der Waals surface area (Å²) in [6.07, 6.45) is 0. The molecule has 0 heterocycles. The Morgan fingerprint density at radius 3 is 2.54 bits per heavy atom. The van der Waals surface area contributed by atoms with Gasteiger partial charge in [0.05, 0.1) is 6.61 Å². The van der Waals surface area contributed by atoms with Crippen molar-refractivity contribution in [2.45, 2.75) is 0 Å². The van der Waals surface area contributed by atoms with Gasteiger partial charge in [-0.3, -0.25) is 0 Å². The van der Waals surface area contributed by atoms with Crippen LogP contribution in [0.2, 0.25) is 0 Å². The van der Waals surface area contributed by atoms with Gasteiger partial charge in [0, 0.05) is 11.4 Å². The molecule has 1 rings (SSSR count). The minimum Gasteiger partial charge on any atom is -0.493 e. The zero-order chi connectivity index (χ0) is 9.52. The number of hydrogen-bond donors (Lipinski definition) is 0. The van der Waals surface area contributed by atoms with E-state index >= 15 is 0 Å². The van der Waals surface area contributed by atoms with Gasteiger partial charge < -0.3 is 9.47 Å². The summed E-state index contributed by atoms with van der Waals surface area (Å²) in [5.74, 6) is 1.17. The first-order valence-electron chi connectivity index (χ1n) is 3.84. The van der Waals surface area contributed by atoms with Gasteiger partial charge >= 0.3 is 0 Å². The normalized spacial score (nSPS) is 9.69. The molecule has 0 aromatic heterocycles. The zero-order valence-corrected chi connectivity index (χ0v) is 8.59. The van der Waals surface area contributed by atoms with E-state index in [0.29, 0.717) is 18.1 Å². The van der Waals surface area contributed by atoms with E-state index in [4.69, 9.17) is 4.74 Å². The highest BCUT2D eigenvalue weighted by molar-refractivity contribution is 9.09. The molecule has 0 amide bonds. The first-order valence-corrected chi connectivity index (χ1v) is 4.96. The van der Waals surface area contributed by atoms with E-state index in [1.165, 1.54) is 0 Å². The fourth-order valence-electron chi connectivity index (χ4n) is 0.873.